The van der Waals surface area contributed by atoms with Crippen LogP contribution in [0.2, 0.25) is 5.02 Å². The number of nitrogens with one attached hydrogen (secondary N) is 2. The molecule has 2 N–H and O–H groups in total. The number of benzene rings is 1. The molecule has 0 saturated carbocycles. The van der Waals surface area contributed by atoms with Crippen molar-refractivity contribution in [1.29, 1.82) is 0 Å². The molecule has 2 aromatic rings. The number of H-pyrrole nitrogens is 1. The minimum Gasteiger partial charge on any atom is -0.310 e. The third kappa shape index (κ3) is 3.03. The van der Waals surface area contributed by atoms with E-state index >= 15 is 0 Å². The number of anilines is 1. The normalized spacial score (nSPS) is 16.2. The number of nitrogens with zero attached hydrogens (tertiary/aromatic N) is 1. The maximum absolute atomic E-state index is 14.3. The second-order valence-corrected chi connectivity index (χ2v) is 6.44. The molecule has 1 aromatic carbocycles. The Bertz CT molecular complexity index is 902. The summed E-state index contributed by atoms with van der Waals surface area (Å²) >= 11 is 7.26. The van der Waals surface area contributed by atoms with Gasteiger partial charge in [-0.2, -0.15) is 0 Å². The van der Waals surface area contributed by atoms with Gasteiger partial charge in [-0.05, 0) is 12.1 Å². The summed E-state index contributed by atoms with van der Waals surface area (Å²) in [5.74, 6) is 1.11. The molecule has 0 bridgehead atoms. The molecule has 0 fully saturated rings. The number of thioether (sulfide) groups is 1. The maximum Gasteiger partial charge on any atom is 0.257 e. The molecular formula is C16H11ClFN3O2S. The van der Waals surface area contributed by atoms with Gasteiger partial charge < -0.3 is 10.3 Å². The molecular weight excluding hydrogens is 353 g/mol. The Morgan fingerprint density at radius 2 is 2.21 bits per heavy atom. The summed E-state index contributed by atoms with van der Waals surface area (Å²) in [6.45, 7) is 0. The highest BCUT2D eigenvalue weighted by atomic mass is 35.5. The van der Waals surface area contributed by atoms with Crippen LogP contribution in [0.3, 0.4) is 0 Å². The highest BCUT2D eigenvalue weighted by Gasteiger charge is 2.33. The third-order valence-electron chi connectivity index (χ3n) is 3.57. The van der Waals surface area contributed by atoms with Gasteiger partial charge in [-0.3, -0.25) is 9.59 Å². The Labute approximate surface area is 146 Å². The predicted octanol–water partition coefficient (Wildman–Crippen LogP) is 2.76. The van der Waals surface area contributed by atoms with Gasteiger partial charge in [0.25, 0.3) is 5.56 Å². The first kappa shape index (κ1) is 16.6. The molecule has 0 saturated heterocycles. The van der Waals surface area contributed by atoms with Gasteiger partial charge in [0.05, 0.1) is 11.3 Å². The van der Waals surface area contributed by atoms with Crippen molar-refractivity contribution in [3.8, 4) is 12.3 Å². The zero-order chi connectivity index (χ0) is 17.3. The maximum atomic E-state index is 14.3. The van der Waals surface area contributed by atoms with Gasteiger partial charge >= 0.3 is 0 Å². The number of aromatic nitrogens is 2. The van der Waals surface area contributed by atoms with Crippen LogP contribution in [0.5, 0.6) is 0 Å². The van der Waals surface area contributed by atoms with Crippen LogP contribution in [0.25, 0.3) is 0 Å². The molecule has 5 nitrogen and oxygen atoms in total. The van der Waals surface area contributed by atoms with Gasteiger partial charge in [0, 0.05) is 22.9 Å². The molecule has 0 radical (unpaired) electrons. The summed E-state index contributed by atoms with van der Waals surface area (Å²) < 4.78 is 14.3. The predicted molar refractivity (Wildman–Crippen MR) is 90.9 cm³/mol. The van der Waals surface area contributed by atoms with Crippen molar-refractivity contribution in [2.24, 2.45) is 0 Å². The zero-order valence-electron chi connectivity index (χ0n) is 12.2. The molecule has 122 valence electrons. The lowest BCUT2D eigenvalue weighted by Gasteiger charge is -2.25. The Morgan fingerprint density at radius 1 is 1.42 bits per heavy atom. The van der Waals surface area contributed by atoms with E-state index in [4.69, 9.17) is 18.0 Å². The summed E-state index contributed by atoms with van der Waals surface area (Å²) in [4.78, 5) is 31.3. The number of fused-ring (bicyclic) bond motifs is 1. The van der Waals surface area contributed by atoms with Crippen molar-refractivity contribution in [1.82, 2.24) is 9.97 Å². The fourth-order valence-corrected chi connectivity index (χ4v) is 3.45. The average molecular weight is 364 g/mol. The first-order valence-electron chi connectivity index (χ1n) is 6.95. The van der Waals surface area contributed by atoms with E-state index < -0.39 is 17.3 Å². The first-order valence-corrected chi connectivity index (χ1v) is 8.32. The van der Waals surface area contributed by atoms with Crippen molar-refractivity contribution in [2.75, 3.05) is 11.1 Å². The van der Waals surface area contributed by atoms with E-state index in [1.165, 1.54) is 18.2 Å². The minimum atomic E-state index is -0.801. The van der Waals surface area contributed by atoms with E-state index in [2.05, 4.69) is 21.2 Å². The Hall–Kier alpha value is -2.30. The topological polar surface area (TPSA) is 74.8 Å². The zero-order valence-corrected chi connectivity index (χ0v) is 13.8. The minimum absolute atomic E-state index is 0.0880. The van der Waals surface area contributed by atoms with E-state index in [0.717, 1.165) is 11.8 Å². The van der Waals surface area contributed by atoms with Gasteiger partial charge in [0.2, 0.25) is 5.91 Å². The van der Waals surface area contributed by atoms with Gasteiger partial charge in [0.15, 0.2) is 5.16 Å². The van der Waals surface area contributed by atoms with E-state index in [-0.39, 0.29) is 39.5 Å². The second-order valence-electron chi connectivity index (χ2n) is 5.07. The summed E-state index contributed by atoms with van der Waals surface area (Å²) in [6, 6.07) is 4.23. The van der Waals surface area contributed by atoms with Crippen molar-refractivity contribution in [3.05, 3.63) is 50.5 Å². The van der Waals surface area contributed by atoms with Crippen molar-refractivity contribution in [3.63, 3.8) is 0 Å². The summed E-state index contributed by atoms with van der Waals surface area (Å²) in [6.07, 6.45) is 5.10. The molecule has 1 aliphatic rings. The van der Waals surface area contributed by atoms with Crippen LogP contribution in [0, 0.1) is 18.2 Å². The molecule has 0 unspecified atom stereocenters. The number of hydrogen-bond donors (Lipinski definition) is 2. The second kappa shape index (κ2) is 6.67. The molecule has 1 aromatic heterocycles. The van der Waals surface area contributed by atoms with E-state index in [9.17, 15) is 14.0 Å². The van der Waals surface area contributed by atoms with Crippen LogP contribution in [-0.4, -0.2) is 21.6 Å². The molecule has 3 rings (SSSR count). The van der Waals surface area contributed by atoms with E-state index in [1.807, 2.05) is 0 Å². The lowest BCUT2D eigenvalue weighted by Crippen LogP contribution is -2.31. The van der Waals surface area contributed by atoms with Gasteiger partial charge in [-0.1, -0.05) is 35.3 Å². The number of carbonyl (C=O) groups is 1. The smallest absolute Gasteiger partial charge is 0.257 e. The van der Waals surface area contributed by atoms with E-state index in [0.29, 0.717) is 5.75 Å². The molecule has 8 heteroatoms. The van der Waals surface area contributed by atoms with Crippen molar-refractivity contribution in [2.45, 2.75) is 17.5 Å². The van der Waals surface area contributed by atoms with Crippen LogP contribution in [0.4, 0.5) is 10.2 Å². The number of halogens is 2. The Morgan fingerprint density at radius 3 is 2.92 bits per heavy atom. The molecule has 2 heterocycles. The van der Waals surface area contributed by atoms with Gasteiger partial charge in [-0.15, -0.1) is 6.42 Å². The lowest BCUT2D eigenvalue weighted by atomic mass is 9.86. The molecule has 24 heavy (non-hydrogen) atoms. The SMILES string of the molecule is C#CCSc1nc2c(c(=O)[nH]1)[C@H](c1c(F)cccc1Cl)CC(=O)N2. The van der Waals surface area contributed by atoms with Gasteiger partial charge in [0.1, 0.15) is 11.6 Å². The van der Waals surface area contributed by atoms with Crippen LogP contribution in [-0.2, 0) is 4.79 Å². The summed E-state index contributed by atoms with van der Waals surface area (Å²) in [5, 5.41) is 3.00. The Balaban J connectivity index is 2.15. The molecule has 1 atom stereocenters. The van der Waals surface area contributed by atoms with Crippen molar-refractivity contribution >= 4 is 35.1 Å². The fraction of sp³-hybridized carbons (Fsp3) is 0.188. The standard InChI is InChI=1S/C16H11ClFN3O2S/c1-2-6-24-16-20-14-13(15(23)21-16)8(7-11(22)19-14)12-9(17)4-3-5-10(12)18/h1,3-5,8H,6-7H2,(H2,19,20,21,22,23)/t8-/m0/s1. The van der Waals surface area contributed by atoms with Crippen LogP contribution >= 0.6 is 23.4 Å². The summed E-state index contributed by atoms with van der Waals surface area (Å²) in [7, 11) is 0. The average Bonchev–Trinajstić information content (AvgIpc) is 2.52. The molecule has 1 aliphatic heterocycles. The molecule has 0 spiro atoms. The van der Waals surface area contributed by atoms with E-state index in [1.54, 1.807) is 0 Å². The number of hydrogen-bond acceptors (Lipinski definition) is 4. The van der Waals surface area contributed by atoms with Crippen LogP contribution < -0.4 is 10.9 Å². The number of rotatable bonds is 3. The third-order valence-corrected chi connectivity index (χ3v) is 4.68. The Kier molecular flexibility index (Phi) is 4.60. The van der Waals surface area contributed by atoms with Crippen LogP contribution in [0.1, 0.15) is 23.5 Å². The van der Waals surface area contributed by atoms with Gasteiger partial charge in [-0.25, -0.2) is 9.37 Å². The number of amides is 1. The highest BCUT2D eigenvalue weighted by molar-refractivity contribution is 7.99. The number of terminal acetylenes is 1. The molecule has 0 aliphatic carbocycles. The van der Waals surface area contributed by atoms with Crippen LogP contribution in [0.15, 0.2) is 28.2 Å². The first-order chi connectivity index (χ1) is 11.5. The lowest BCUT2D eigenvalue weighted by molar-refractivity contribution is -0.116. The molecule has 1 amide bonds. The largest absolute Gasteiger partial charge is 0.310 e. The quantitative estimate of drug-likeness (QED) is 0.499. The number of carbonyl (C=O) groups excluding carboxylic acids is 1. The number of aromatic amines is 1. The fourth-order valence-electron chi connectivity index (χ4n) is 2.62. The monoisotopic (exact) mass is 363 g/mol. The highest BCUT2D eigenvalue weighted by Crippen LogP contribution is 2.38. The van der Waals surface area contributed by atoms with Crippen molar-refractivity contribution < 1.29 is 9.18 Å². The summed E-state index contributed by atoms with van der Waals surface area (Å²) in [5.41, 5.74) is -0.151.